The van der Waals surface area contributed by atoms with Crippen molar-refractivity contribution in [3.05, 3.63) is 46.5 Å². The van der Waals surface area contributed by atoms with E-state index in [0.717, 1.165) is 17.9 Å². The van der Waals surface area contributed by atoms with E-state index in [-0.39, 0.29) is 23.5 Å². The first-order valence-electron chi connectivity index (χ1n) is 10.5. The molecule has 0 heterocycles. The molecule has 2 aliphatic carbocycles. The number of hydrogen-bond acceptors (Lipinski definition) is 2. The highest BCUT2D eigenvalue weighted by molar-refractivity contribution is 6.29. The molecule has 2 nitrogen and oxygen atoms in total. The fourth-order valence-corrected chi connectivity index (χ4v) is 6.49. The number of allylic oxidation sites excluding steroid dienone is 2. The zero-order chi connectivity index (χ0) is 19.7. The summed E-state index contributed by atoms with van der Waals surface area (Å²) in [4.78, 5) is 0. The highest BCUT2D eigenvalue weighted by Crippen LogP contribution is 2.66. The van der Waals surface area contributed by atoms with Gasteiger partial charge in [0.25, 0.3) is 0 Å². The van der Waals surface area contributed by atoms with E-state index in [1.54, 1.807) is 0 Å². The molecule has 0 bridgehead atoms. The molecule has 0 spiro atoms. The molecule has 1 N–H and O–H groups in total. The van der Waals surface area contributed by atoms with E-state index in [9.17, 15) is 5.11 Å². The molecule has 1 aromatic rings. The summed E-state index contributed by atoms with van der Waals surface area (Å²) in [7, 11) is 0. The van der Waals surface area contributed by atoms with Crippen LogP contribution < -0.4 is 0 Å². The Hall–Kier alpha value is -0.830. The number of benzene rings is 1. The third-order valence-corrected chi connectivity index (χ3v) is 7.71. The smallest absolute Gasteiger partial charge is 0.0858 e. The van der Waals surface area contributed by atoms with Crippen LogP contribution in [0.25, 0.3) is 0 Å². The largest absolute Gasteiger partial charge is 0.396 e. The summed E-state index contributed by atoms with van der Waals surface area (Å²) >= 11 is 6.50. The number of aliphatic hydroxyl groups is 1. The normalized spacial score (nSPS) is 32.8. The molecule has 4 atom stereocenters. The highest BCUT2D eigenvalue weighted by Gasteiger charge is 2.57. The van der Waals surface area contributed by atoms with Gasteiger partial charge >= 0.3 is 0 Å². The van der Waals surface area contributed by atoms with Gasteiger partial charge in [-0.2, -0.15) is 0 Å². The van der Waals surface area contributed by atoms with Crippen molar-refractivity contribution >= 4 is 11.6 Å². The van der Waals surface area contributed by atoms with Crippen LogP contribution in [0, 0.1) is 22.7 Å². The molecule has 0 aromatic heterocycles. The molecule has 0 amide bonds. The Kier molecular flexibility index (Phi) is 6.40. The van der Waals surface area contributed by atoms with Crippen LogP contribution in [0.1, 0.15) is 71.5 Å². The third-order valence-electron chi connectivity index (χ3n) is 7.48. The van der Waals surface area contributed by atoms with Crippen molar-refractivity contribution in [1.29, 1.82) is 0 Å². The second-order valence-electron chi connectivity index (χ2n) is 9.27. The zero-order valence-electron chi connectivity index (χ0n) is 17.3. The molecule has 3 rings (SSSR count). The van der Waals surface area contributed by atoms with Crippen molar-refractivity contribution in [2.24, 2.45) is 22.7 Å². The number of ether oxygens (including phenoxy) is 1. The highest BCUT2D eigenvalue weighted by atomic mass is 35.5. The summed E-state index contributed by atoms with van der Waals surface area (Å²) < 4.78 is 6.40. The molecule has 27 heavy (non-hydrogen) atoms. The quantitative estimate of drug-likeness (QED) is 0.562. The lowest BCUT2D eigenvalue weighted by molar-refractivity contribution is -0.0990. The minimum Gasteiger partial charge on any atom is -0.396 e. The summed E-state index contributed by atoms with van der Waals surface area (Å²) in [6.45, 7) is 10.2. The molecule has 150 valence electrons. The standard InChI is InChI=1S/C24H35ClO2/c1-17(25)19-11-12-21-23(2,3)20(13-14-24(19,21)4)22(27-16-8-15-26)18-9-6-5-7-10-18/h5-7,9-10,20-22,26H,8,11-16H2,1-4H3/t20?,21?,22?,24-/m1/s1. The van der Waals surface area contributed by atoms with Crippen molar-refractivity contribution < 1.29 is 9.84 Å². The molecular formula is C24H35ClO2. The van der Waals surface area contributed by atoms with Crippen LogP contribution in [-0.4, -0.2) is 18.3 Å². The molecule has 0 saturated heterocycles. The van der Waals surface area contributed by atoms with E-state index in [0.29, 0.717) is 24.9 Å². The first kappa shape index (κ1) is 20.9. The van der Waals surface area contributed by atoms with Crippen molar-refractivity contribution in [1.82, 2.24) is 0 Å². The van der Waals surface area contributed by atoms with E-state index in [4.69, 9.17) is 16.3 Å². The van der Waals surface area contributed by atoms with Gasteiger partial charge in [0.05, 0.1) is 6.10 Å². The van der Waals surface area contributed by atoms with Gasteiger partial charge in [-0.1, -0.05) is 62.7 Å². The van der Waals surface area contributed by atoms with Crippen LogP contribution in [0.3, 0.4) is 0 Å². The van der Waals surface area contributed by atoms with E-state index < -0.39 is 0 Å². The van der Waals surface area contributed by atoms with Crippen LogP contribution in [-0.2, 0) is 4.74 Å². The molecule has 2 aliphatic rings. The van der Waals surface area contributed by atoms with E-state index in [1.165, 1.54) is 24.0 Å². The predicted molar refractivity (Wildman–Crippen MR) is 113 cm³/mol. The van der Waals surface area contributed by atoms with Gasteiger partial charge in [0.2, 0.25) is 0 Å². The van der Waals surface area contributed by atoms with Crippen molar-refractivity contribution in [3.8, 4) is 0 Å². The number of halogens is 1. The second kappa shape index (κ2) is 8.27. The van der Waals surface area contributed by atoms with Gasteiger partial charge in [-0.05, 0) is 72.8 Å². The van der Waals surface area contributed by atoms with E-state index in [1.807, 2.05) is 0 Å². The minimum atomic E-state index is 0.0856. The van der Waals surface area contributed by atoms with Gasteiger partial charge in [0.15, 0.2) is 0 Å². The Bertz CT molecular complexity index is 662. The van der Waals surface area contributed by atoms with Crippen LogP contribution in [0.5, 0.6) is 0 Å². The maximum atomic E-state index is 9.20. The fraction of sp³-hybridized carbons (Fsp3) is 0.667. The molecule has 2 saturated carbocycles. The van der Waals surface area contributed by atoms with Gasteiger partial charge in [0.1, 0.15) is 0 Å². The first-order chi connectivity index (χ1) is 12.8. The predicted octanol–water partition coefficient (Wildman–Crippen LogP) is 6.49. The van der Waals surface area contributed by atoms with E-state index >= 15 is 0 Å². The lowest BCUT2D eigenvalue weighted by Crippen LogP contribution is -2.47. The third kappa shape index (κ3) is 3.86. The van der Waals surface area contributed by atoms with Crippen LogP contribution >= 0.6 is 11.6 Å². The van der Waals surface area contributed by atoms with Crippen LogP contribution in [0.4, 0.5) is 0 Å². The zero-order valence-corrected chi connectivity index (χ0v) is 18.1. The SMILES string of the molecule is CC(Cl)=C1CCC2C(C)(C)C(C(OCCCO)c3ccccc3)CC[C@]12C. The average Bonchev–Trinajstić information content (AvgIpc) is 2.99. The summed E-state index contributed by atoms with van der Waals surface area (Å²) in [6.07, 6.45) is 5.45. The monoisotopic (exact) mass is 390 g/mol. The maximum absolute atomic E-state index is 9.20. The summed E-state index contributed by atoms with van der Waals surface area (Å²) in [5.41, 5.74) is 3.14. The van der Waals surface area contributed by atoms with E-state index in [2.05, 4.69) is 58.0 Å². The van der Waals surface area contributed by atoms with Crippen LogP contribution in [0.15, 0.2) is 40.9 Å². The molecule has 1 aromatic carbocycles. The van der Waals surface area contributed by atoms with Crippen LogP contribution in [0.2, 0.25) is 0 Å². The Balaban J connectivity index is 1.92. The number of rotatable bonds is 6. The molecule has 3 unspecified atom stereocenters. The molecule has 0 radical (unpaired) electrons. The fourth-order valence-electron chi connectivity index (χ4n) is 6.18. The Morgan fingerprint density at radius 3 is 2.56 bits per heavy atom. The molecule has 3 heteroatoms. The first-order valence-corrected chi connectivity index (χ1v) is 10.8. The van der Waals surface area contributed by atoms with Gasteiger partial charge in [-0.25, -0.2) is 0 Å². The Labute approximate surface area is 170 Å². The Morgan fingerprint density at radius 2 is 1.93 bits per heavy atom. The number of hydrogen-bond donors (Lipinski definition) is 1. The van der Waals surface area contributed by atoms with Gasteiger partial charge in [0, 0.05) is 18.2 Å². The van der Waals surface area contributed by atoms with Crippen molar-refractivity contribution in [2.75, 3.05) is 13.2 Å². The molecule has 0 aliphatic heterocycles. The molecule has 2 fully saturated rings. The summed E-state index contributed by atoms with van der Waals surface area (Å²) in [5.74, 6) is 1.09. The Morgan fingerprint density at radius 1 is 1.22 bits per heavy atom. The van der Waals surface area contributed by atoms with Gasteiger partial charge < -0.3 is 9.84 Å². The second-order valence-corrected chi connectivity index (χ2v) is 9.83. The minimum absolute atomic E-state index is 0.0856. The maximum Gasteiger partial charge on any atom is 0.0858 e. The molecular weight excluding hydrogens is 356 g/mol. The summed E-state index contributed by atoms with van der Waals surface area (Å²) in [5, 5.41) is 10.2. The summed E-state index contributed by atoms with van der Waals surface area (Å²) in [6, 6.07) is 10.7. The lowest BCUT2D eigenvalue weighted by Gasteiger charge is -2.54. The number of fused-ring (bicyclic) bond motifs is 1. The number of aliphatic hydroxyl groups excluding tert-OH is 1. The topological polar surface area (TPSA) is 29.5 Å². The van der Waals surface area contributed by atoms with Crippen molar-refractivity contribution in [3.63, 3.8) is 0 Å². The van der Waals surface area contributed by atoms with Gasteiger partial charge in [-0.15, -0.1) is 0 Å². The lowest BCUT2D eigenvalue weighted by atomic mass is 9.51. The average molecular weight is 391 g/mol. The van der Waals surface area contributed by atoms with Crippen molar-refractivity contribution in [2.45, 2.75) is 65.9 Å². The van der Waals surface area contributed by atoms with Gasteiger partial charge in [-0.3, -0.25) is 0 Å².